The molecule has 0 spiro atoms. The fraction of sp³-hybridized carbons (Fsp3) is 0.111. The van der Waals surface area contributed by atoms with E-state index in [1.165, 1.54) is 0 Å². The molecule has 3 heteroatoms. The molecular weight excluding hydrogens is 260 g/mol. The molecule has 21 heavy (non-hydrogen) atoms. The molecule has 1 aliphatic heterocycles. The summed E-state index contributed by atoms with van der Waals surface area (Å²) in [6, 6.07) is 19.8. The summed E-state index contributed by atoms with van der Waals surface area (Å²) in [5.41, 5.74) is 2.98. The van der Waals surface area contributed by atoms with Crippen LogP contribution in [-0.2, 0) is 0 Å². The lowest BCUT2D eigenvalue weighted by Crippen LogP contribution is -2.09. The summed E-state index contributed by atoms with van der Waals surface area (Å²) in [6.45, 7) is 0. The average Bonchev–Trinajstić information content (AvgIpc) is 2.52. The number of aliphatic hydroxyl groups excluding tert-OH is 1. The van der Waals surface area contributed by atoms with Gasteiger partial charge in [-0.05, 0) is 24.5 Å². The lowest BCUT2D eigenvalue weighted by Gasteiger charge is -2.10. The molecule has 0 amide bonds. The Balaban J connectivity index is 2.07. The standard InChI is InChI=1S/C18H16N2O/c21-17-13-7-12-16(14-8-3-1-4-9-14)19-18(20-17)15-10-5-2-6-11-15/h1-6,8-11,13,21H,7,12H2. The van der Waals surface area contributed by atoms with Crippen LogP contribution in [0.4, 0.5) is 0 Å². The van der Waals surface area contributed by atoms with Gasteiger partial charge in [-0.15, -0.1) is 0 Å². The first-order valence-corrected chi connectivity index (χ1v) is 6.99. The summed E-state index contributed by atoms with van der Waals surface area (Å²) >= 11 is 0. The predicted octanol–water partition coefficient (Wildman–Crippen LogP) is 4.12. The Morgan fingerprint density at radius 2 is 1.38 bits per heavy atom. The molecule has 0 atom stereocenters. The van der Waals surface area contributed by atoms with Gasteiger partial charge in [0.2, 0.25) is 5.88 Å². The number of amidine groups is 1. The summed E-state index contributed by atoms with van der Waals surface area (Å²) in [5.74, 6) is 0.576. The normalized spacial score (nSPS) is 15.3. The molecule has 2 aromatic rings. The molecule has 1 N–H and O–H groups in total. The van der Waals surface area contributed by atoms with Crippen LogP contribution in [0.15, 0.2) is 82.6 Å². The van der Waals surface area contributed by atoms with Crippen LogP contribution in [0.2, 0.25) is 0 Å². The molecule has 0 saturated carbocycles. The van der Waals surface area contributed by atoms with Gasteiger partial charge in [0.25, 0.3) is 0 Å². The van der Waals surface area contributed by atoms with Crippen molar-refractivity contribution in [3.8, 4) is 0 Å². The van der Waals surface area contributed by atoms with Crippen LogP contribution in [0, 0.1) is 0 Å². The number of benzene rings is 2. The van der Waals surface area contributed by atoms with E-state index in [0.717, 1.165) is 29.7 Å². The number of aliphatic imine (C=N–C) groups is 2. The van der Waals surface area contributed by atoms with Crippen molar-refractivity contribution in [2.75, 3.05) is 0 Å². The van der Waals surface area contributed by atoms with Crippen molar-refractivity contribution in [3.05, 3.63) is 83.7 Å². The van der Waals surface area contributed by atoms with Crippen molar-refractivity contribution in [1.29, 1.82) is 0 Å². The van der Waals surface area contributed by atoms with Crippen molar-refractivity contribution >= 4 is 11.5 Å². The first kappa shape index (κ1) is 13.3. The number of allylic oxidation sites excluding steroid dienone is 1. The van der Waals surface area contributed by atoms with Gasteiger partial charge in [0.05, 0.1) is 5.71 Å². The zero-order valence-electron chi connectivity index (χ0n) is 11.6. The molecule has 3 nitrogen and oxygen atoms in total. The van der Waals surface area contributed by atoms with Crippen LogP contribution in [0.5, 0.6) is 0 Å². The number of rotatable bonds is 2. The SMILES string of the molecule is OC1=CCCC(c2ccccc2)=NC(c2ccccc2)=N1. The van der Waals surface area contributed by atoms with Crippen molar-refractivity contribution in [2.45, 2.75) is 12.8 Å². The largest absolute Gasteiger partial charge is 0.493 e. The van der Waals surface area contributed by atoms with E-state index in [0.29, 0.717) is 5.84 Å². The van der Waals surface area contributed by atoms with Crippen molar-refractivity contribution in [1.82, 2.24) is 0 Å². The summed E-state index contributed by atoms with van der Waals surface area (Å²) < 4.78 is 0. The zero-order chi connectivity index (χ0) is 14.5. The summed E-state index contributed by atoms with van der Waals surface area (Å²) in [6.07, 6.45) is 3.24. The van der Waals surface area contributed by atoms with Gasteiger partial charge in [-0.1, -0.05) is 60.7 Å². The highest BCUT2D eigenvalue weighted by molar-refractivity contribution is 6.12. The number of hydrogen-bond acceptors (Lipinski definition) is 3. The second-order valence-electron chi connectivity index (χ2n) is 4.83. The molecule has 3 rings (SSSR count). The highest BCUT2D eigenvalue weighted by atomic mass is 16.3. The van der Waals surface area contributed by atoms with E-state index in [2.05, 4.69) is 4.99 Å². The van der Waals surface area contributed by atoms with Crippen LogP contribution in [-0.4, -0.2) is 16.7 Å². The first-order chi connectivity index (χ1) is 10.3. The Morgan fingerprint density at radius 1 is 0.762 bits per heavy atom. The molecule has 104 valence electrons. The Kier molecular flexibility index (Phi) is 3.92. The Bertz CT molecular complexity index is 701. The summed E-state index contributed by atoms with van der Waals surface area (Å²) in [5, 5.41) is 9.81. The smallest absolute Gasteiger partial charge is 0.208 e. The Morgan fingerprint density at radius 3 is 2.05 bits per heavy atom. The zero-order valence-corrected chi connectivity index (χ0v) is 11.6. The molecule has 0 unspecified atom stereocenters. The van der Waals surface area contributed by atoms with Crippen molar-refractivity contribution in [3.63, 3.8) is 0 Å². The first-order valence-electron chi connectivity index (χ1n) is 6.99. The summed E-state index contributed by atoms with van der Waals surface area (Å²) in [7, 11) is 0. The van der Waals surface area contributed by atoms with Gasteiger partial charge in [0.15, 0.2) is 5.84 Å². The average molecular weight is 276 g/mol. The Hall–Kier alpha value is -2.68. The van der Waals surface area contributed by atoms with Crippen molar-refractivity contribution in [2.24, 2.45) is 9.98 Å². The van der Waals surface area contributed by atoms with Gasteiger partial charge in [-0.25, -0.2) is 4.99 Å². The number of aliphatic hydroxyl groups is 1. The van der Waals surface area contributed by atoms with Crippen LogP contribution >= 0.6 is 0 Å². The molecule has 0 bridgehead atoms. The number of hydrogen-bond donors (Lipinski definition) is 1. The van der Waals surface area contributed by atoms with E-state index in [1.807, 2.05) is 60.7 Å². The van der Waals surface area contributed by atoms with E-state index in [-0.39, 0.29) is 5.88 Å². The Labute approximate surface area is 124 Å². The highest BCUT2D eigenvalue weighted by Gasteiger charge is 2.10. The van der Waals surface area contributed by atoms with Crippen molar-refractivity contribution < 1.29 is 5.11 Å². The topological polar surface area (TPSA) is 45.0 Å². The monoisotopic (exact) mass is 276 g/mol. The lowest BCUT2D eigenvalue weighted by atomic mass is 10.0. The molecule has 0 radical (unpaired) electrons. The molecule has 2 aromatic carbocycles. The van der Waals surface area contributed by atoms with Gasteiger partial charge in [-0.3, -0.25) is 0 Å². The van der Waals surface area contributed by atoms with Crippen LogP contribution in [0.3, 0.4) is 0 Å². The van der Waals surface area contributed by atoms with Gasteiger partial charge >= 0.3 is 0 Å². The predicted molar refractivity (Wildman–Crippen MR) is 85.9 cm³/mol. The molecule has 0 saturated heterocycles. The van der Waals surface area contributed by atoms with E-state index in [1.54, 1.807) is 6.08 Å². The van der Waals surface area contributed by atoms with E-state index < -0.39 is 0 Å². The minimum absolute atomic E-state index is 0.0321. The van der Waals surface area contributed by atoms with Gasteiger partial charge in [0, 0.05) is 5.56 Å². The van der Waals surface area contributed by atoms with Gasteiger partial charge in [-0.2, -0.15) is 4.99 Å². The molecule has 0 fully saturated rings. The van der Waals surface area contributed by atoms with Gasteiger partial charge in [0.1, 0.15) is 0 Å². The minimum atomic E-state index is 0.0321. The molecular formula is C18H16N2O. The fourth-order valence-corrected chi connectivity index (χ4v) is 2.26. The number of nitrogens with zero attached hydrogens (tertiary/aromatic N) is 2. The molecule has 1 aliphatic rings. The van der Waals surface area contributed by atoms with Crippen LogP contribution < -0.4 is 0 Å². The molecule has 0 aromatic heterocycles. The third-order valence-corrected chi connectivity index (χ3v) is 3.31. The van der Waals surface area contributed by atoms with E-state index in [9.17, 15) is 5.11 Å². The van der Waals surface area contributed by atoms with E-state index in [4.69, 9.17) is 4.99 Å². The second-order valence-corrected chi connectivity index (χ2v) is 4.83. The third kappa shape index (κ3) is 3.26. The second kappa shape index (κ2) is 6.18. The minimum Gasteiger partial charge on any atom is -0.493 e. The van der Waals surface area contributed by atoms with Crippen LogP contribution in [0.25, 0.3) is 0 Å². The molecule has 1 heterocycles. The maximum atomic E-state index is 9.81. The lowest BCUT2D eigenvalue weighted by molar-refractivity contribution is 0.404. The molecule has 0 aliphatic carbocycles. The third-order valence-electron chi connectivity index (χ3n) is 3.31. The summed E-state index contributed by atoms with van der Waals surface area (Å²) in [4.78, 5) is 8.92. The maximum absolute atomic E-state index is 9.81. The highest BCUT2D eigenvalue weighted by Crippen LogP contribution is 2.15. The van der Waals surface area contributed by atoms with Crippen LogP contribution in [0.1, 0.15) is 24.0 Å². The quantitative estimate of drug-likeness (QED) is 0.881. The maximum Gasteiger partial charge on any atom is 0.208 e. The van der Waals surface area contributed by atoms with Gasteiger partial charge < -0.3 is 5.11 Å². The fourth-order valence-electron chi connectivity index (χ4n) is 2.26. The van der Waals surface area contributed by atoms with E-state index >= 15 is 0 Å².